The van der Waals surface area contributed by atoms with Crippen molar-refractivity contribution in [3.63, 3.8) is 0 Å². The van der Waals surface area contributed by atoms with Crippen LogP contribution in [0.2, 0.25) is 0 Å². The van der Waals surface area contributed by atoms with Gasteiger partial charge >= 0.3 is 0 Å². The Balaban J connectivity index is 2.49. The molecule has 1 aromatic heterocycles. The summed E-state index contributed by atoms with van der Waals surface area (Å²) in [7, 11) is 0. The molecule has 0 saturated carbocycles. The second kappa shape index (κ2) is 3.64. The molecular formula is C11H7N3. The fraction of sp³-hybridized carbons (Fsp3) is 0.0909. The Labute approximate surface area is 81.4 Å². The van der Waals surface area contributed by atoms with Crippen LogP contribution >= 0.6 is 0 Å². The molecule has 0 fully saturated rings. The molecule has 3 heteroatoms. The predicted molar refractivity (Wildman–Crippen MR) is 53.2 cm³/mol. The monoisotopic (exact) mass is 181 g/mol. The van der Waals surface area contributed by atoms with E-state index in [1.165, 1.54) is 0 Å². The van der Waals surface area contributed by atoms with E-state index in [-0.39, 0.29) is 6.42 Å². The van der Waals surface area contributed by atoms with Crippen molar-refractivity contribution < 1.29 is 0 Å². The average molecular weight is 181 g/mol. The molecule has 1 N–H and O–H groups in total. The zero-order valence-electron chi connectivity index (χ0n) is 7.41. The number of nitrogens with zero attached hydrogens (tertiary/aromatic N) is 2. The number of aromatic nitrogens is 2. The van der Waals surface area contributed by atoms with Gasteiger partial charge in [0.1, 0.15) is 5.52 Å². The van der Waals surface area contributed by atoms with Gasteiger partial charge in [-0.1, -0.05) is 17.9 Å². The fourth-order valence-electron chi connectivity index (χ4n) is 1.25. The molecule has 0 aliphatic rings. The van der Waals surface area contributed by atoms with E-state index in [2.05, 4.69) is 21.8 Å². The molecule has 0 bridgehead atoms. The van der Waals surface area contributed by atoms with E-state index in [9.17, 15) is 0 Å². The Bertz CT molecular complexity index is 549. The molecule has 66 valence electrons. The van der Waals surface area contributed by atoms with E-state index < -0.39 is 0 Å². The third kappa shape index (κ3) is 1.44. The Morgan fingerprint density at radius 2 is 2.36 bits per heavy atom. The van der Waals surface area contributed by atoms with Gasteiger partial charge in [0.2, 0.25) is 0 Å². The molecule has 1 aromatic carbocycles. The summed E-state index contributed by atoms with van der Waals surface area (Å²) in [5.74, 6) is 5.69. The normalized spacial score (nSPS) is 9.07. The molecule has 1 heterocycles. The molecule has 0 radical (unpaired) electrons. The van der Waals surface area contributed by atoms with Crippen LogP contribution in [0.1, 0.15) is 12.0 Å². The highest BCUT2D eigenvalue weighted by atomic mass is 14.9. The molecule has 0 aliphatic heterocycles. The third-order valence-electron chi connectivity index (χ3n) is 1.84. The van der Waals surface area contributed by atoms with Gasteiger partial charge in [0.05, 0.1) is 29.9 Å². The van der Waals surface area contributed by atoms with E-state index in [0.717, 1.165) is 16.6 Å². The van der Waals surface area contributed by atoms with Crippen molar-refractivity contribution in [2.75, 3.05) is 0 Å². The van der Waals surface area contributed by atoms with Crippen LogP contribution in [0, 0.1) is 23.2 Å². The van der Waals surface area contributed by atoms with Gasteiger partial charge in [-0.2, -0.15) is 5.26 Å². The van der Waals surface area contributed by atoms with Crippen LogP contribution < -0.4 is 0 Å². The third-order valence-corrected chi connectivity index (χ3v) is 1.84. The van der Waals surface area contributed by atoms with Gasteiger partial charge in [0.15, 0.2) is 0 Å². The van der Waals surface area contributed by atoms with E-state index in [4.69, 9.17) is 5.26 Å². The molecule has 0 atom stereocenters. The maximum atomic E-state index is 8.34. The Kier molecular flexibility index (Phi) is 2.17. The molecular weight excluding hydrogens is 174 g/mol. The lowest BCUT2D eigenvalue weighted by Gasteiger charge is -1.90. The lowest BCUT2D eigenvalue weighted by atomic mass is 10.2. The van der Waals surface area contributed by atoms with Gasteiger partial charge in [0, 0.05) is 0 Å². The number of nitrogens with one attached hydrogen (secondary N) is 1. The summed E-state index contributed by atoms with van der Waals surface area (Å²) in [4.78, 5) is 7.16. The van der Waals surface area contributed by atoms with Crippen LogP contribution in [0.3, 0.4) is 0 Å². The fourth-order valence-corrected chi connectivity index (χ4v) is 1.25. The van der Waals surface area contributed by atoms with Crippen LogP contribution in [-0.2, 0) is 0 Å². The summed E-state index contributed by atoms with van der Waals surface area (Å²) in [6.07, 6.45) is 1.89. The van der Waals surface area contributed by atoms with E-state index in [1.54, 1.807) is 6.33 Å². The topological polar surface area (TPSA) is 52.5 Å². The van der Waals surface area contributed by atoms with Crippen molar-refractivity contribution in [3.8, 4) is 17.9 Å². The standard InChI is InChI=1S/C11H7N3/c12-7-2-1-4-9-5-3-6-10-11(9)14-8-13-10/h3,5-6,8H,2H2,(H,13,14). The largest absolute Gasteiger partial charge is 0.345 e. The van der Waals surface area contributed by atoms with Crippen LogP contribution in [0.15, 0.2) is 24.5 Å². The first-order valence-corrected chi connectivity index (χ1v) is 4.20. The average Bonchev–Trinajstić information content (AvgIpc) is 2.67. The molecule has 0 aliphatic carbocycles. The Morgan fingerprint density at radius 3 is 3.21 bits per heavy atom. The number of rotatable bonds is 0. The number of H-pyrrole nitrogens is 1. The highest BCUT2D eigenvalue weighted by Gasteiger charge is 1.98. The summed E-state index contributed by atoms with van der Waals surface area (Å²) < 4.78 is 0. The number of hydrogen-bond acceptors (Lipinski definition) is 2. The highest BCUT2D eigenvalue weighted by molar-refractivity contribution is 5.81. The lowest BCUT2D eigenvalue weighted by molar-refractivity contribution is 1.34. The first-order chi connectivity index (χ1) is 6.92. The van der Waals surface area contributed by atoms with E-state index in [0.29, 0.717) is 0 Å². The first-order valence-electron chi connectivity index (χ1n) is 4.20. The van der Waals surface area contributed by atoms with Crippen molar-refractivity contribution in [3.05, 3.63) is 30.1 Å². The molecule has 0 spiro atoms. The minimum Gasteiger partial charge on any atom is -0.345 e. The van der Waals surface area contributed by atoms with Gasteiger partial charge < -0.3 is 4.98 Å². The summed E-state index contributed by atoms with van der Waals surface area (Å²) in [5.41, 5.74) is 2.69. The molecule has 3 nitrogen and oxygen atoms in total. The van der Waals surface area contributed by atoms with Gasteiger partial charge in [-0.15, -0.1) is 0 Å². The second-order valence-electron chi connectivity index (χ2n) is 2.74. The SMILES string of the molecule is N#CCC#Cc1cccc2[nH]cnc12. The van der Waals surface area contributed by atoms with Crippen molar-refractivity contribution in [2.24, 2.45) is 0 Å². The summed E-state index contributed by atoms with van der Waals surface area (Å²) in [5, 5.41) is 8.34. The van der Waals surface area contributed by atoms with Crippen LogP contribution in [0.4, 0.5) is 0 Å². The second-order valence-corrected chi connectivity index (χ2v) is 2.74. The Hall–Kier alpha value is -2.26. The molecule has 0 saturated heterocycles. The minimum absolute atomic E-state index is 0.251. The van der Waals surface area contributed by atoms with Crippen LogP contribution in [-0.4, -0.2) is 9.97 Å². The Morgan fingerprint density at radius 1 is 1.43 bits per heavy atom. The van der Waals surface area contributed by atoms with Gasteiger partial charge in [-0.3, -0.25) is 0 Å². The summed E-state index contributed by atoms with van der Waals surface area (Å²) in [6.45, 7) is 0. The molecule has 0 amide bonds. The molecule has 0 unspecified atom stereocenters. The number of fused-ring (bicyclic) bond motifs is 1. The summed E-state index contributed by atoms with van der Waals surface area (Å²) >= 11 is 0. The molecule has 2 rings (SSSR count). The number of benzene rings is 1. The minimum atomic E-state index is 0.251. The number of imidazole rings is 1. The van der Waals surface area contributed by atoms with E-state index in [1.807, 2.05) is 24.3 Å². The summed E-state index contributed by atoms with van der Waals surface area (Å²) in [6, 6.07) is 7.73. The van der Waals surface area contributed by atoms with E-state index >= 15 is 0 Å². The maximum absolute atomic E-state index is 8.34. The lowest BCUT2D eigenvalue weighted by Crippen LogP contribution is -1.77. The van der Waals surface area contributed by atoms with Crippen LogP contribution in [0.5, 0.6) is 0 Å². The van der Waals surface area contributed by atoms with Crippen molar-refractivity contribution in [1.29, 1.82) is 5.26 Å². The van der Waals surface area contributed by atoms with Crippen LogP contribution in [0.25, 0.3) is 11.0 Å². The number of para-hydroxylation sites is 1. The molecule has 14 heavy (non-hydrogen) atoms. The zero-order chi connectivity index (χ0) is 9.80. The molecule has 2 aromatic rings. The van der Waals surface area contributed by atoms with Gasteiger partial charge in [0.25, 0.3) is 0 Å². The number of hydrogen-bond donors (Lipinski definition) is 1. The van der Waals surface area contributed by atoms with Crippen molar-refractivity contribution in [1.82, 2.24) is 9.97 Å². The van der Waals surface area contributed by atoms with Crippen molar-refractivity contribution in [2.45, 2.75) is 6.42 Å². The smallest absolute Gasteiger partial charge is 0.104 e. The quantitative estimate of drug-likeness (QED) is 0.630. The first kappa shape index (κ1) is 8.34. The number of aromatic amines is 1. The van der Waals surface area contributed by atoms with Gasteiger partial charge in [-0.25, -0.2) is 4.98 Å². The highest BCUT2D eigenvalue weighted by Crippen LogP contribution is 2.12. The number of nitriles is 1. The maximum Gasteiger partial charge on any atom is 0.104 e. The predicted octanol–water partition coefficient (Wildman–Crippen LogP) is 1.83. The zero-order valence-corrected chi connectivity index (χ0v) is 7.41. The van der Waals surface area contributed by atoms with Crippen molar-refractivity contribution >= 4 is 11.0 Å². The van der Waals surface area contributed by atoms with Gasteiger partial charge in [-0.05, 0) is 12.1 Å².